The van der Waals surface area contributed by atoms with Gasteiger partial charge in [-0.3, -0.25) is 4.79 Å². The SMILES string of the molecule is C=CCC(C=C)c1c(C#N)c(C(=O)NC)c2n1CCN(C(=O)Nc1ccc(C(=O)O)cc1)C2. The van der Waals surface area contributed by atoms with E-state index < -0.39 is 11.9 Å². The van der Waals surface area contributed by atoms with Crippen LogP contribution < -0.4 is 10.6 Å². The second-order valence-corrected chi connectivity index (χ2v) is 7.53. The number of carboxylic acid groups (broad SMARTS) is 1. The summed E-state index contributed by atoms with van der Waals surface area (Å²) in [7, 11) is 1.50. The number of benzene rings is 1. The van der Waals surface area contributed by atoms with Gasteiger partial charge in [-0.25, -0.2) is 9.59 Å². The van der Waals surface area contributed by atoms with Crippen LogP contribution in [0.3, 0.4) is 0 Å². The van der Waals surface area contributed by atoms with Gasteiger partial charge in [0.15, 0.2) is 0 Å². The van der Waals surface area contributed by atoms with Crippen LogP contribution in [0.25, 0.3) is 0 Å². The number of aromatic carboxylic acids is 1. The van der Waals surface area contributed by atoms with Crippen molar-refractivity contribution >= 4 is 23.6 Å². The Bertz CT molecular complexity index is 1160. The number of urea groups is 1. The van der Waals surface area contributed by atoms with Crippen LogP contribution >= 0.6 is 0 Å². The van der Waals surface area contributed by atoms with Crippen molar-refractivity contribution in [2.24, 2.45) is 0 Å². The van der Waals surface area contributed by atoms with Crippen LogP contribution in [0.5, 0.6) is 0 Å². The number of nitrogens with zero attached hydrogens (tertiary/aromatic N) is 3. The molecule has 0 spiro atoms. The van der Waals surface area contributed by atoms with Crippen LogP contribution in [0, 0.1) is 11.3 Å². The van der Waals surface area contributed by atoms with Crippen LogP contribution in [-0.2, 0) is 13.1 Å². The largest absolute Gasteiger partial charge is 0.478 e. The first-order chi connectivity index (χ1) is 15.9. The van der Waals surface area contributed by atoms with Gasteiger partial charge in [-0.2, -0.15) is 5.26 Å². The van der Waals surface area contributed by atoms with Crippen LogP contribution in [0.2, 0.25) is 0 Å². The molecule has 9 nitrogen and oxygen atoms in total. The van der Waals surface area contributed by atoms with Gasteiger partial charge in [-0.1, -0.05) is 12.2 Å². The van der Waals surface area contributed by atoms with Crippen molar-refractivity contribution in [1.29, 1.82) is 5.26 Å². The molecule has 3 amide bonds. The van der Waals surface area contributed by atoms with Crippen molar-refractivity contribution in [3.05, 3.63) is 77.7 Å². The number of anilines is 1. The number of rotatable bonds is 7. The van der Waals surface area contributed by atoms with E-state index in [-0.39, 0.29) is 35.2 Å². The number of nitriles is 1. The molecule has 2 heterocycles. The summed E-state index contributed by atoms with van der Waals surface area (Å²) in [6.45, 7) is 8.56. The lowest BCUT2D eigenvalue weighted by Gasteiger charge is -2.31. The van der Waals surface area contributed by atoms with Gasteiger partial charge in [-0.05, 0) is 30.7 Å². The number of carbonyl (C=O) groups is 3. The number of amides is 3. The second-order valence-electron chi connectivity index (χ2n) is 7.53. The maximum atomic E-state index is 12.9. The highest BCUT2D eigenvalue weighted by Gasteiger charge is 2.34. The maximum Gasteiger partial charge on any atom is 0.335 e. The number of allylic oxidation sites excluding steroid dienone is 2. The minimum atomic E-state index is -1.05. The Balaban J connectivity index is 1.95. The number of hydrogen-bond donors (Lipinski definition) is 3. The lowest BCUT2D eigenvalue weighted by atomic mass is 9.96. The summed E-state index contributed by atoms with van der Waals surface area (Å²) in [5.74, 6) is -1.64. The van der Waals surface area contributed by atoms with Crippen LogP contribution in [0.15, 0.2) is 49.6 Å². The fraction of sp³-hybridized carbons (Fsp3) is 0.250. The van der Waals surface area contributed by atoms with Crippen molar-refractivity contribution in [2.45, 2.75) is 25.4 Å². The Hall–Kier alpha value is -4.32. The Labute approximate surface area is 191 Å². The van der Waals surface area contributed by atoms with Gasteiger partial charge in [0.2, 0.25) is 0 Å². The quantitative estimate of drug-likeness (QED) is 0.561. The zero-order chi connectivity index (χ0) is 24.1. The summed E-state index contributed by atoms with van der Waals surface area (Å²) in [5.41, 5.74) is 2.39. The molecule has 1 aliphatic rings. The fourth-order valence-electron chi connectivity index (χ4n) is 4.03. The standard InChI is InChI=1S/C24H25N5O4/c1-4-6-15(5-2)21-18(13-25)20(22(30)26-3)19-14-28(11-12-29(19)21)24(33)27-17-9-7-16(8-10-17)23(31)32/h4-5,7-10,15H,1-2,6,11-12,14H2,3H3,(H,26,30)(H,27,33)(H,31,32). The molecule has 0 bridgehead atoms. The van der Waals surface area contributed by atoms with E-state index in [1.54, 1.807) is 17.1 Å². The van der Waals surface area contributed by atoms with Gasteiger partial charge in [0.25, 0.3) is 5.91 Å². The van der Waals surface area contributed by atoms with Crippen LogP contribution in [-0.4, -0.2) is 46.1 Å². The van der Waals surface area contributed by atoms with E-state index in [1.807, 2.05) is 4.57 Å². The summed E-state index contributed by atoms with van der Waals surface area (Å²) in [5, 5.41) is 24.3. The Morgan fingerprint density at radius 2 is 1.94 bits per heavy atom. The van der Waals surface area contributed by atoms with Gasteiger partial charge in [0, 0.05) is 37.4 Å². The Morgan fingerprint density at radius 3 is 2.48 bits per heavy atom. The lowest BCUT2D eigenvalue weighted by Crippen LogP contribution is -2.41. The minimum absolute atomic E-state index is 0.117. The number of carboxylic acids is 1. The number of hydrogen-bond acceptors (Lipinski definition) is 4. The summed E-state index contributed by atoms with van der Waals surface area (Å²) in [4.78, 5) is 38.2. The highest BCUT2D eigenvalue weighted by Crippen LogP contribution is 2.34. The lowest BCUT2D eigenvalue weighted by molar-refractivity contribution is 0.0696. The van der Waals surface area contributed by atoms with E-state index in [2.05, 4.69) is 29.9 Å². The Morgan fingerprint density at radius 1 is 1.24 bits per heavy atom. The van der Waals surface area contributed by atoms with Gasteiger partial charge < -0.3 is 25.2 Å². The van der Waals surface area contributed by atoms with Crippen molar-refractivity contribution in [3.63, 3.8) is 0 Å². The van der Waals surface area contributed by atoms with Crippen molar-refractivity contribution in [3.8, 4) is 6.07 Å². The van der Waals surface area contributed by atoms with Crippen molar-refractivity contribution in [2.75, 3.05) is 18.9 Å². The zero-order valence-corrected chi connectivity index (χ0v) is 18.3. The van der Waals surface area contributed by atoms with Crippen molar-refractivity contribution in [1.82, 2.24) is 14.8 Å². The van der Waals surface area contributed by atoms with Gasteiger partial charge in [-0.15, -0.1) is 13.2 Å². The molecule has 33 heavy (non-hydrogen) atoms. The first kappa shape index (κ1) is 23.3. The number of fused-ring (bicyclic) bond motifs is 1. The van der Waals surface area contributed by atoms with E-state index in [0.29, 0.717) is 36.6 Å². The molecule has 1 aromatic carbocycles. The third kappa shape index (κ3) is 4.50. The van der Waals surface area contributed by atoms with Gasteiger partial charge in [0.05, 0.1) is 28.9 Å². The molecule has 0 aliphatic carbocycles. The average molecular weight is 447 g/mol. The van der Waals surface area contributed by atoms with Gasteiger partial charge in [0.1, 0.15) is 6.07 Å². The number of carbonyl (C=O) groups excluding carboxylic acids is 2. The molecule has 1 unspecified atom stereocenters. The average Bonchev–Trinajstić information content (AvgIpc) is 3.15. The molecule has 1 aromatic heterocycles. The molecule has 0 radical (unpaired) electrons. The molecule has 9 heteroatoms. The molecule has 0 saturated carbocycles. The predicted molar refractivity (Wildman–Crippen MR) is 123 cm³/mol. The molecule has 0 fully saturated rings. The smallest absolute Gasteiger partial charge is 0.335 e. The highest BCUT2D eigenvalue weighted by atomic mass is 16.4. The summed E-state index contributed by atoms with van der Waals surface area (Å²) < 4.78 is 1.93. The minimum Gasteiger partial charge on any atom is -0.478 e. The van der Waals surface area contributed by atoms with Crippen LogP contribution in [0.1, 0.15) is 50.0 Å². The van der Waals surface area contributed by atoms with Crippen molar-refractivity contribution < 1.29 is 19.5 Å². The van der Waals surface area contributed by atoms with Gasteiger partial charge >= 0.3 is 12.0 Å². The number of nitrogens with one attached hydrogen (secondary N) is 2. The summed E-state index contributed by atoms with van der Waals surface area (Å²) in [6, 6.07) is 7.63. The van der Waals surface area contributed by atoms with E-state index in [0.717, 1.165) is 0 Å². The molecule has 1 atom stereocenters. The van der Waals surface area contributed by atoms with E-state index in [4.69, 9.17) is 5.11 Å². The molecular weight excluding hydrogens is 422 g/mol. The van der Waals surface area contributed by atoms with Crippen LogP contribution in [0.4, 0.5) is 10.5 Å². The molecular formula is C24H25N5O4. The fourth-order valence-corrected chi connectivity index (χ4v) is 4.03. The third-order valence-corrected chi connectivity index (χ3v) is 5.64. The normalized spacial score (nSPS) is 13.3. The molecule has 1 aliphatic heterocycles. The maximum absolute atomic E-state index is 12.9. The molecule has 0 saturated heterocycles. The molecule has 170 valence electrons. The molecule has 2 aromatic rings. The predicted octanol–water partition coefficient (Wildman–Crippen LogP) is 3.31. The molecule has 3 N–H and O–H groups in total. The second kappa shape index (κ2) is 9.87. The third-order valence-electron chi connectivity index (χ3n) is 5.64. The first-order valence-corrected chi connectivity index (χ1v) is 10.4. The molecule has 3 rings (SSSR count). The topological polar surface area (TPSA) is 127 Å². The first-order valence-electron chi connectivity index (χ1n) is 10.4. The highest BCUT2D eigenvalue weighted by molar-refractivity contribution is 5.99. The van der Waals surface area contributed by atoms with E-state index >= 15 is 0 Å². The van der Waals surface area contributed by atoms with E-state index in [1.165, 1.54) is 31.3 Å². The summed E-state index contributed by atoms with van der Waals surface area (Å²) in [6.07, 6.45) is 4.04. The monoisotopic (exact) mass is 447 g/mol. The Kier molecular flexibility index (Phi) is 6.98. The number of aromatic nitrogens is 1. The zero-order valence-electron chi connectivity index (χ0n) is 18.3. The van der Waals surface area contributed by atoms with E-state index in [9.17, 15) is 19.6 Å². The summed E-state index contributed by atoms with van der Waals surface area (Å²) >= 11 is 0.